The van der Waals surface area contributed by atoms with E-state index in [2.05, 4.69) is 9.97 Å². The molecule has 0 aromatic carbocycles. The van der Waals surface area contributed by atoms with Crippen LogP contribution in [0.25, 0.3) is 0 Å². The van der Waals surface area contributed by atoms with Gasteiger partial charge in [-0.1, -0.05) is 0 Å². The van der Waals surface area contributed by atoms with Crippen molar-refractivity contribution in [2.24, 2.45) is 0 Å². The average Bonchev–Trinajstić information content (AvgIpc) is 2.38. The Morgan fingerprint density at radius 3 is 2.85 bits per heavy atom. The number of hydrogen-bond acceptors (Lipinski definition) is 4. The van der Waals surface area contributed by atoms with Crippen molar-refractivity contribution in [1.82, 2.24) is 9.97 Å². The molecule has 2 atom stereocenters. The first kappa shape index (κ1) is 12.7. The van der Waals surface area contributed by atoms with E-state index in [0.29, 0.717) is 12.3 Å². The highest BCUT2D eigenvalue weighted by Gasteiger charge is 2.38. The molecule has 0 aliphatic carbocycles. The van der Waals surface area contributed by atoms with Gasteiger partial charge in [0.25, 0.3) is 0 Å². The quantitative estimate of drug-likeness (QED) is 0.926. The second kappa shape index (κ2) is 5.02. The van der Waals surface area contributed by atoms with Crippen LogP contribution in [0.5, 0.6) is 0 Å². The Bertz CT molecular complexity index is 657. The number of ether oxygens (including phenoxy) is 1. The highest BCUT2D eigenvalue weighted by Crippen LogP contribution is 2.42. The maximum atomic E-state index is 11.3. The second-order valence-corrected chi connectivity index (χ2v) is 4.86. The molecule has 20 heavy (non-hydrogen) atoms. The third-order valence-corrected chi connectivity index (χ3v) is 3.47. The molecule has 2 aromatic rings. The monoisotopic (exact) mass is 270 g/mol. The van der Waals surface area contributed by atoms with Crippen LogP contribution >= 0.6 is 0 Å². The lowest BCUT2D eigenvalue weighted by molar-refractivity contribution is -0.0837. The van der Waals surface area contributed by atoms with E-state index in [0.717, 1.165) is 11.3 Å². The standard InChI is InChI=1S/C15H14N2O3/c1-9-4-6-16-12(7-9)14-11(8-20-14)13-10(15(18)19)3-2-5-17-13/h2-7,11,14H,8H2,1H3,(H,18,19). The highest BCUT2D eigenvalue weighted by atomic mass is 16.5. The van der Waals surface area contributed by atoms with Gasteiger partial charge in [0.15, 0.2) is 0 Å². The molecule has 2 unspecified atom stereocenters. The number of aryl methyl sites for hydroxylation is 1. The molecule has 0 bridgehead atoms. The Balaban J connectivity index is 1.94. The second-order valence-electron chi connectivity index (χ2n) is 4.86. The van der Waals surface area contributed by atoms with Gasteiger partial charge < -0.3 is 9.84 Å². The van der Waals surface area contributed by atoms with E-state index in [1.807, 2.05) is 19.1 Å². The minimum absolute atomic E-state index is 0.0587. The van der Waals surface area contributed by atoms with Gasteiger partial charge in [0.2, 0.25) is 0 Å². The Kier molecular flexibility index (Phi) is 3.20. The summed E-state index contributed by atoms with van der Waals surface area (Å²) < 4.78 is 5.58. The van der Waals surface area contributed by atoms with Gasteiger partial charge in [0, 0.05) is 12.4 Å². The van der Waals surface area contributed by atoms with Crippen molar-refractivity contribution in [3.63, 3.8) is 0 Å². The molecule has 5 heteroatoms. The molecule has 1 aliphatic heterocycles. The minimum atomic E-state index is -0.962. The fraction of sp³-hybridized carbons (Fsp3) is 0.267. The number of carboxylic acid groups (broad SMARTS) is 1. The predicted octanol–water partition coefficient (Wildman–Crippen LogP) is 2.34. The molecule has 0 amide bonds. The van der Waals surface area contributed by atoms with Crippen LogP contribution in [-0.2, 0) is 4.74 Å². The molecule has 0 saturated carbocycles. The highest BCUT2D eigenvalue weighted by molar-refractivity contribution is 5.89. The SMILES string of the molecule is Cc1ccnc(C2OCC2c2ncccc2C(=O)O)c1. The van der Waals surface area contributed by atoms with Crippen molar-refractivity contribution in [2.45, 2.75) is 18.9 Å². The molecule has 1 saturated heterocycles. The van der Waals surface area contributed by atoms with E-state index in [9.17, 15) is 9.90 Å². The van der Waals surface area contributed by atoms with Crippen molar-refractivity contribution >= 4 is 5.97 Å². The maximum absolute atomic E-state index is 11.3. The van der Waals surface area contributed by atoms with Crippen LogP contribution in [0.2, 0.25) is 0 Å². The molecule has 1 aliphatic rings. The Hall–Kier alpha value is -2.27. The summed E-state index contributed by atoms with van der Waals surface area (Å²) in [6, 6.07) is 7.08. The van der Waals surface area contributed by atoms with Crippen LogP contribution in [0.1, 0.15) is 39.3 Å². The summed E-state index contributed by atoms with van der Waals surface area (Å²) in [6.07, 6.45) is 3.13. The first-order valence-corrected chi connectivity index (χ1v) is 6.39. The summed E-state index contributed by atoms with van der Waals surface area (Å²) in [4.78, 5) is 19.8. The third-order valence-electron chi connectivity index (χ3n) is 3.47. The van der Waals surface area contributed by atoms with Crippen LogP contribution < -0.4 is 0 Å². The molecular weight excluding hydrogens is 256 g/mol. The number of nitrogens with zero attached hydrogens (tertiary/aromatic N) is 2. The molecule has 2 aromatic heterocycles. The molecule has 3 heterocycles. The van der Waals surface area contributed by atoms with Crippen molar-refractivity contribution in [3.05, 3.63) is 59.2 Å². The number of aromatic nitrogens is 2. The lowest BCUT2D eigenvalue weighted by Crippen LogP contribution is -2.33. The van der Waals surface area contributed by atoms with Gasteiger partial charge in [-0.05, 0) is 36.8 Å². The molecule has 0 radical (unpaired) electrons. The Morgan fingerprint density at radius 1 is 1.35 bits per heavy atom. The van der Waals surface area contributed by atoms with Crippen molar-refractivity contribution in [3.8, 4) is 0 Å². The maximum Gasteiger partial charge on any atom is 0.337 e. The van der Waals surface area contributed by atoms with E-state index in [1.54, 1.807) is 24.5 Å². The molecule has 3 rings (SSSR count). The summed E-state index contributed by atoms with van der Waals surface area (Å²) in [6.45, 7) is 2.46. The van der Waals surface area contributed by atoms with Crippen LogP contribution in [0, 0.1) is 6.92 Å². The topological polar surface area (TPSA) is 72.3 Å². The number of hydrogen-bond donors (Lipinski definition) is 1. The zero-order chi connectivity index (χ0) is 14.1. The first-order chi connectivity index (χ1) is 9.66. The van der Waals surface area contributed by atoms with Crippen molar-refractivity contribution < 1.29 is 14.6 Å². The van der Waals surface area contributed by atoms with Gasteiger partial charge in [-0.15, -0.1) is 0 Å². The predicted molar refractivity (Wildman–Crippen MR) is 71.6 cm³/mol. The Labute approximate surface area is 116 Å². The molecule has 1 N–H and O–H groups in total. The summed E-state index contributed by atoms with van der Waals surface area (Å²) in [7, 11) is 0. The molecule has 1 fully saturated rings. The molecule has 102 valence electrons. The first-order valence-electron chi connectivity index (χ1n) is 6.39. The summed E-state index contributed by atoms with van der Waals surface area (Å²) in [5, 5.41) is 9.24. The van der Waals surface area contributed by atoms with Crippen LogP contribution in [0.4, 0.5) is 0 Å². The molecular formula is C15H14N2O3. The smallest absolute Gasteiger partial charge is 0.337 e. The number of rotatable bonds is 3. The van der Waals surface area contributed by atoms with Gasteiger partial charge in [0.05, 0.1) is 29.5 Å². The van der Waals surface area contributed by atoms with Crippen LogP contribution in [0.15, 0.2) is 36.7 Å². The number of carbonyl (C=O) groups is 1. The lowest BCUT2D eigenvalue weighted by atomic mass is 9.88. The summed E-state index contributed by atoms with van der Waals surface area (Å²) in [5.74, 6) is -1.02. The number of pyridine rings is 2. The van der Waals surface area contributed by atoms with Crippen LogP contribution in [-0.4, -0.2) is 27.7 Å². The lowest BCUT2D eigenvalue weighted by Gasteiger charge is -2.36. The van der Waals surface area contributed by atoms with Crippen molar-refractivity contribution in [2.75, 3.05) is 6.61 Å². The third kappa shape index (κ3) is 2.16. The largest absolute Gasteiger partial charge is 0.478 e. The molecule has 5 nitrogen and oxygen atoms in total. The number of carboxylic acids is 1. The fourth-order valence-corrected chi connectivity index (χ4v) is 2.41. The van der Waals surface area contributed by atoms with E-state index in [4.69, 9.17) is 4.74 Å². The van der Waals surface area contributed by atoms with E-state index in [1.165, 1.54) is 0 Å². The summed E-state index contributed by atoms with van der Waals surface area (Å²) >= 11 is 0. The fourth-order valence-electron chi connectivity index (χ4n) is 2.41. The van der Waals surface area contributed by atoms with E-state index in [-0.39, 0.29) is 17.6 Å². The average molecular weight is 270 g/mol. The van der Waals surface area contributed by atoms with Gasteiger partial charge in [-0.2, -0.15) is 0 Å². The zero-order valence-electron chi connectivity index (χ0n) is 11.0. The Morgan fingerprint density at radius 2 is 2.20 bits per heavy atom. The van der Waals surface area contributed by atoms with Gasteiger partial charge in [-0.25, -0.2) is 4.79 Å². The normalized spacial score (nSPS) is 21.2. The number of aromatic carboxylic acids is 1. The minimum Gasteiger partial charge on any atom is -0.478 e. The van der Waals surface area contributed by atoms with E-state index >= 15 is 0 Å². The molecule has 0 spiro atoms. The van der Waals surface area contributed by atoms with Gasteiger partial charge in [-0.3, -0.25) is 9.97 Å². The van der Waals surface area contributed by atoms with E-state index < -0.39 is 5.97 Å². The van der Waals surface area contributed by atoms with Crippen molar-refractivity contribution in [1.29, 1.82) is 0 Å². The summed E-state index contributed by atoms with van der Waals surface area (Å²) in [5.41, 5.74) is 2.73. The zero-order valence-corrected chi connectivity index (χ0v) is 11.0. The van der Waals surface area contributed by atoms with Gasteiger partial charge in [0.1, 0.15) is 6.10 Å². The van der Waals surface area contributed by atoms with Crippen LogP contribution in [0.3, 0.4) is 0 Å². The van der Waals surface area contributed by atoms with Gasteiger partial charge >= 0.3 is 5.97 Å².